The van der Waals surface area contributed by atoms with Gasteiger partial charge in [-0.3, -0.25) is 0 Å². The summed E-state index contributed by atoms with van der Waals surface area (Å²) in [6.07, 6.45) is 4.79. The first-order chi connectivity index (χ1) is 7.24. The fraction of sp³-hybridized carbons (Fsp3) is 0.538. The SMILES string of the molecule is Cc1ccc(OC2CCCC(N)C2)cc1. The van der Waals surface area contributed by atoms with E-state index >= 15 is 0 Å². The van der Waals surface area contributed by atoms with Crippen LogP contribution in [-0.4, -0.2) is 12.1 Å². The van der Waals surface area contributed by atoms with E-state index < -0.39 is 0 Å². The maximum Gasteiger partial charge on any atom is 0.119 e. The summed E-state index contributed by atoms with van der Waals surface area (Å²) in [4.78, 5) is 0. The van der Waals surface area contributed by atoms with Crippen LogP contribution in [0.2, 0.25) is 0 Å². The second-order valence-electron chi connectivity index (χ2n) is 4.48. The maximum atomic E-state index is 5.92. The largest absolute Gasteiger partial charge is 0.490 e. The van der Waals surface area contributed by atoms with Crippen LogP contribution in [0.5, 0.6) is 5.75 Å². The third-order valence-electron chi connectivity index (χ3n) is 2.99. The Balaban J connectivity index is 1.93. The van der Waals surface area contributed by atoms with E-state index in [0.29, 0.717) is 12.1 Å². The molecule has 1 saturated carbocycles. The molecule has 1 aliphatic carbocycles. The third-order valence-corrected chi connectivity index (χ3v) is 2.99. The topological polar surface area (TPSA) is 35.2 Å². The molecule has 1 aromatic carbocycles. The maximum absolute atomic E-state index is 5.92. The van der Waals surface area contributed by atoms with Crippen molar-refractivity contribution in [1.29, 1.82) is 0 Å². The highest BCUT2D eigenvalue weighted by molar-refractivity contribution is 5.26. The van der Waals surface area contributed by atoms with E-state index in [4.69, 9.17) is 10.5 Å². The molecular weight excluding hydrogens is 186 g/mol. The van der Waals surface area contributed by atoms with Crippen LogP contribution in [-0.2, 0) is 0 Å². The number of benzene rings is 1. The number of aryl methyl sites for hydroxylation is 1. The van der Waals surface area contributed by atoms with Crippen molar-refractivity contribution in [3.05, 3.63) is 29.8 Å². The number of ether oxygens (including phenoxy) is 1. The number of rotatable bonds is 2. The zero-order valence-electron chi connectivity index (χ0n) is 9.28. The Morgan fingerprint density at radius 1 is 1.20 bits per heavy atom. The lowest BCUT2D eigenvalue weighted by molar-refractivity contribution is 0.144. The van der Waals surface area contributed by atoms with Gasteiger partial charge in [-0.2, -0.15) is 0 Å². The van der Waals surface area contributed by atoms with Crippen molar-refractivity contribution in [3.8, 4) is 5.75 Å². The zero-order chi connectivity index (χ0) is 10.7. The van der Waals surface area contributed by atoms with E-state index in [2.05, 4.69) is 19.1 Å². The molecule has 2 unspecified atom stereocenters. The third kappa shape index (κ3) is 2.96. The van der Waals surface area contributed by atoms with E-state index in [0.717, 1.165) is 25.0 Å². The quantitative estimate of drug-likeness (QED) is 0.805. The van der Waals surface area contributed by atoms with Crippen LogP contribution in [0.15, 0.2) is 24.3 Å². The monoisotopic (exact) mass is 205 g/mol. The molecular formula is C13H19NO. The minimum atomic E-state index is 0.316. The van der Waals surface area contributed by atoms with Gasteiger partial charge in [-0.25, -0.2) is 0 Å². The average Bonchev–Trinajstić information content (AvgIpc) is 2.22. The fourth-order valence-corrected chi connectivity index (χ4v) is 2.10. The van der Waals surface area contributed by atoms with Gasteiger partial charge in [0, 0.05) is 6.04 Å². The first kappa shape index (κ1) is 10.5. The van der Waals surface area contributed by atoms with Gasteiger partial charge in [-0.05, 0) is 44.7 Å². The highest BCUT2D eigenvalue weighted by Gasteiger charge is 2.20. The van der Waals surface area contributed by atoms with Gasteiger partial charge in [0.25, 0.3) is 0 Å². The molecule has 2 rings (SSSR count). The molecule has 0 amide bonds. The fourth-order valence-electron chi connectivity index (χ4n) is 2.10. The predicted octanol–water partition coefficient (Wildman–Crippen LogP) is 2.64. The van der Waals surface area contributed by atoms with Gasteiger partial charge in [-0.15, -0.1) is 0 Å². The zero-order valence-corrected chi connectivity index (χ0v) is 9.28. The molecule has 1 fully saturated rings. The molecule has 1 aromatic rings. The second kappa shape index (κ2) is 4.67. The van der Waals surface area contributed by atoms with Crippen LogP contribution >= 0.6 is 0 Å². The van der Waals surface area contributed by atoms with Crippen LogP contribution in [0.4, 0.5) is 0 Å². The summed E-state index contributed by atoms with van der Waals surface area (Å²) in [5, 5.41) is 0. The van der Waals surface area contributed by atoms with Gasteiger partial charge in [0.05, 0.1) is 0 Å². The normalized spacial score (nSPS) is 26.3. The van der Waals surface area contributed by atoms with Crippen molar-refractivity contribution < 1.29 is 4.74 Å². The predicted molar refractivity (Wildman–Crippen MR) is 62.0 cm³/mol. The summed E-state index contributed by atoms with van der Waals surface area (Å²) >= 11 is 0. The van der Waals surface area contributed by atoms with Crippen molar-refractivity contribution in [1.82, 2.24) is 0 Å². The summed E-state index contributed by atoms with van der Waals surface area (Å²) in [6.45, 7) is 2.08. The molecule has 2 N–H and O–H groups in total. The van der Waals surface area contributed by atoms with Gasteiger partial charge in [-0.1, -0.05) is 17.7 Å². The van der Waals surface area contributed by atoms with Crippen molar-refractivity contribution >= 4 is 0 Å². The minimum absolute atomic E-state index is 0.316. The summed E-state index contributed by atoms with van der Waals surface area (Å²) in [5.74, 6) is 0.972. The van der Waals surface area contributed by atoms with Crippen molar-refractivity contribution in [2.45, 2.75) is 44.8 Å². The highest BCUT2D eigenvalue weighted by Crippen LogP contribution is 2.22. The Labute approximate surface area is 91.4 Å². The number of hydrogen-bond donors (Lipinski definition) is 1. The first-order valence-electron chi connectivity index (χ1n) is 5.73. The van der Waals surface area contributed by atoms with Gasteiger partial charge in [0.2, 0.25) is 0 Å². The lowest BCUT2D eigenvalue weighted by atomic mass is 9.93. The van der Waals surface area contributed by atoms with Crippen molar-refractivity contribution in [3.63, 3.8) is 0 Å². The molecule has 2 nitrogen and oxygen atoms in total. The smallest absolute Gasteiger partial charge is 0.119 e. The Morgan fingerprint density at radius 2 is 1.93 bits per heavy atom. The molecule has 0 spiro atoms. The molecule has 0 radical (unpaired) electrons. The van der Waals surface area contributed by atoms with Crippen molar-refractivity contribution in [2.75, 3.05) is 0 Å². The van der Waals surface area contributed by atoms with Crippen molar-refractivity contribution in [2.24, 2.45) is 5.73 Å². The van der Waals surface area contributed by atoms with Crippen LogP contribution in [0.3, 0.4) is 0 Å². The summed E-state index contributed by atoms with van der Waals surface area (Å²) < 4.78 is 5.90. The molecule has 0 bridgehead atoms. The molecule has 0 aromatic heterocycles. The van der Waals surface area contributed by atoms with Crippen LogP contribution in [0, 0.1) is 6.92 Å². The van der Waals surface area contributed by atoms with E-state index in [1.807, 2.05) is 12.1 Å². The molecule has 2 atom stereocenters. The van der Waals surface area contributed by atoms with Crippen LogP contribution in [0.1, 0.15) is 31.2 Å². The van der Waals surface area contributed by atoms with Gasteiger partial charge < -0.3 is 10.5 Å². The van der Waals surface area contributed by atoms with Crippen LogP contribution < -0.4 is 10.5 Å². The summed E-state index contributed by atoms with van der Waals surface area (Å²) in [6, 6.07) is 8.57. The van der Waals surface area contributed by atoms with Gasteiger partial charge >= 0.3 is 0 Å². The summed E-state index contributed by atoms with van der Waals surface area (Å²) in [5.41, 5.74) is 7.19. The van der Waals surface area contributed by atoms with E-state index in [1.54, 1.807) is 0 Å². The molecule has 82 valence electrons. The highest BCUT2D eigenvalue weighted by atomic mass is 16.5. The Morgan fingerprint density at radius 3 is 2.60 bits per heavy atom. The molecule has 0 saturated heterocycles. The lowest BCUT2D eigenvalue weighted by Gasteiger charge is -2.27. The lowest BCUT2D eigenvalue weighted by Crippen LogP contribution is -2.33. The minimum Gasteiger partial charge on any atom is -0.490 e. The Kier molecular flexibility index (Phi) is 3.27. The van der Waals surface area contributed by atoms with Gasteiger partial charge in [0.1, 0.15) is 11.9 Å². The molecule has 1 aliphatic rings. The second-order valence-corrected chi connectivity index (χ2v) is 4.48. The standard InChI is InChI=1S/C13H19NO/c1-10-5-7-12(8-6-10)15-13-4-2-3-11(14)9-13/h5-8,11,13H,2-4,9,14H2,1H3. The van der Waals surface area contributed by atoms with Crippen LogP contribution in [0.25, 0.3) is 0 Å². The van der Waals surface area contributed by atoms with E-state index in [9.17, 15) is 0 Å². The molecule has 15 heavy (non-hydrogen) atoms. The molecule has 0 heterocycles. The number of nitrogens with two attached hydrogens (primary N) is 1. The molecule has 0 aliphatic heterocycles. The molecule has 2 heteroatoms. The average molecular weight is 205 g/mol. The van der Waals surface area contributed by atoms with E-state index in [1.165, 1.54) is 12.0 Å². The number of hydrogen-bond acceptors (Lipinski definition) is 2. The van der Waals surface area contributed by atoms with Gasteiger partial charge in [0.15, 0.2) is 0 Å². The van der Waals surface area contributed by atoms with E-state index in [-0.39, 0.29) is 0 Å². The summed E-state index contributed by atoms with van der Waals surface area (Å²) in [7, 11) is 0. The Hall–Kier alpha value is -1.02. The Bertz CT molecular complexity index is 307. The first-order valence-corrected chi connectivity index (χ1v) is 5.73.